The lowest BCUT2D eigenvalue weighted by molar-refractivity contribution is 0.158. The molecule has 0 saturated carbocycles. The highest BCUT2D eigenvalue weighted by Crippen LogP contribution is 1.80. The van der Waals surface area contributed by atoms with Gasteiger partial charge in [-0.25, -0.2) is 4.79 Å². The minimum atomic E-state index is -0.425. The van der Waals surface area contributed by atoms with Gasteiger partial charge in [-0.1, -0.05) is 35.8 Å². The van der Waals surface area contributed by atoms with Crippen LogP contribution in [0.1, 0.15) is 6.92 Å². The van der Waals surface area contributed by atoms with E-state index in [1.165, 1.54) is 0 Å². The lowest BCUT2D eigenvalue weighted by atomic mass is 9.83. The fraction of sp³-hybridized carbons (Fsp3) is 0.222. The Morgan fingerprint density at radius 3 is 2.77 bits per heavy atom. The molecule has 1 radical (unpaired) electrons. The van der Waals surface area contributed by atoms with Crippen molar-refractivity contribution in [1.82, 2.24) is 5.23 Å². The van der Waals surface area contributed by atoms with Crippen molar-refractivity contribution >= 4 is 19.0 Å². The van der Waals surface area contributed by atoms with Crippen molar-refractivity contribution in [1.29, 1.82) is 0 Å². The van der Waals surface area contributed by atoms with Gasteiger partial charge in [-0.05, 0) is 6.92 Å². The summed E-state index contributed by atoms with van der Waals surface area (Å²) in [5.41, 5.74) is 0.940. The highest BCUT2D eigenvalue weighted by molar-refractivity contribution is 6.53. The monoisotopic (exact) mass is 176 g/mol. The quantitative estimate of drug-likeness (QED) is 0.687. The van der Waals surface area contributed by atoms with E-state index in [4.69, 9.17) is 0 Å². The van der Waals surface area contributed by atoms with Crippen molar-refractivity contribution in [2.24, 2.45) is 0 Å². The Morgan fingerprint density at radius 2 is 2.15 bits per heavy atom. The van der Waals surface area contributed by atoms with Crippen LogP contribution in [0.15, 0.2) is 30.3 Å². The summed E-state index contributed by atoms with van der Waals surface area (Å²) in [5.74, 6) is 0. The van der Waals surface area contributed by atoms with Gasteiger partial charge in [0.1, 0.15) is 0 Å². The molecule has 1 aromatic rings. The predicted octanol–water partition coefficient (Wildman–Crippen LogP) is 0.677. The maximum absolute atomic E-state index is 10.9. The van der Waals surface area contributed by atoms with E-state index >= 15 is 0 Å². The van der Waals surface area contributed by atoms with Gasteiger partial charge in [0, 0.05) is 0 Å². The molecule has 0 spiro atoms. The number of ether oxygens (including phenoxy) is 1. The van der Waals surface area contributed by atoms with Crippen LogP contribution in [-0.4, -0.2) is 20.1 Å². The summed E-state index contributed by atoms with van der Waals surface area (Å²) in [6, 6.07) is 9.51. The van der Waals surface area contributed by atoms with Crippen LogP contribution in [0.25, 0.3) is 0 Å². The third-order valence-electron chi connectivity index (χ3n) is 1.43. The average Bonchev–Trinajstić information content (AvgIpc) is 2.17. The van der Waals surface area contributed by atoms with Crippen molar-refractivity contribution in [3.63, 3.8) is 0 Å². The van der Waals surface area contributed by atoms with Crippen LogP contribution in [0.5, 0.6) is 0 Å². The maximum atomic E-state index is 10.9. The molecule has 13 heavy (non-hydrogen) atoms. The number of benzene rings is 1. The fourth-order valence-corrected chi connectivity index (χ4v) is 0.864. The Labute approximate surface area is 78.4 Å². The molecule has 0 aliphatic carbocycles. The van der Waals surface area contributed by atoms with Crippen molar-refractivity contribution < 1.29 is 9.53 Å². The molecule has 0 unspecified atom stereocenters. The van der Waals surface area contributed by atoms with Gasteiger partial charge in [-0.3, -0.25) is 0 Å². The standard InChI is InChI=1S/C9H11BNO2/c1-2-13-9(12)11-10-8-6-4-3-5-7-8/h3-7H,2H2,1H3,(H,11,12). The highest BCUT2D eigenvalue weighted by atomic mass is 16.5. The van der Waals surface area contributed by atoms with Crippen LogP contribution in [0, 0.1) is 0 Å². The molecule has 1 aromatic carbocycles. The van der Waals surface area contributed by atoms with Crippen LogP contribution < -0.4 is 10.7 Å². The number of amides is 1. The molecule has 4 heteroatoms. The zero-order chi connectivity index (χ0) is 9.52. The Hall–Kier alpha value is -1.45. The van der Waals surface area contributed by atoms with E-state index in [-0.39, 0.29) is 0 Å². The number of hydrogen-bond acceptors (Lipinski definition) is 2. The maximum Gasteiger partial charge on any atom is 0.394 e. The molecule has 1 amide bonds. The second-order valence-electron chi connectivity index (χ2n) is 2.42. The van der Waals surface area contributed by atoms with Gasteiger partial charge in [0.25, 0.3) is 7.41 Å². The first-order chi connectivity index (χ1) is 6.33. The Balaban J connectivity index is 2.31. The van der Waals surface area contributed by atoms with Gasteiger partial charge in [0.2, 0.25) is 0 Å². The molecule has 0 fully saturated rings. The smallest absolute Gasteiger partial charge is 0.394 e. The van der Waals surface area contributed by atoms with Crippen LogP contribution in [0.2, 0.25) is 0 Å². The summed E-state index contributed by atoms with van der Waals surface area (Å²) >= 11 is 0. The van der Waals surface area contributed by atoms with Gasteiger partial charge >= 0.3 is 6.09 Å². The second-order valence-corrected chi connectivity index (χ2v) is 2.42. The zero-order valence-corrected chi connectivity index (χ0v) is 7.49. The van der Waals surface area contributed by atoms with Gasteiger partial charge in [0.15, 0.2) is 0 Å². The van der Waals surface area contributed by atoms with E-state index in [1.807, 2.05) is 30.3 Å². The van der Waals surface area contributed by atoms with Crippen molar-refractivity contribution in [2.45, 2.75) is 6.92 Å². The number of rotatable bonds is 3. The molecule has 0 bridgehead atoms. The summed E-state index contributed by atoms with van der Waals surface area (Å²) in [6.07, 6.45) is -0.425. The lowest BCUT2D eigenvalue weighted by Gasteiger charge is -2.02. The van der Waals surface area contributed by atoms with Gasteiger partial charge in [-0.2, -0.15) is 0 Å². The van der Waals surface area contributed by atoms with Gasteiger partial charge in [-0.15, -0.1) is 0 Å². The Morgan fingerprint density at radius 1 is 1.46 bits per heavy atom. The molecule has 0 aliphatic heterocycles. The second kappa shape index (κ2) is 5.24. The van der Waals surface area contributed by atoms with Crippen LogP contribution in [-0.2, 0) is 4.74 Å². The summed E-state index contributed by atoms with van der Waals surface area (Å²) in [5, 5.41) is 2.51. The molecule has 0 saturated heterocycles. The van der Waals surface area contributed by atoms with E-state index < -0.39 is 6.09 Å². The number of nitrogens with one attached hydrogen (secondary N) is 1. The molecular formula is C9H11BNO2. The lowest BCUT2D eigenvalue weighted by Crippen LogP contribution is -2.35. The molecule has 0 heterocycles. The molecule has 1 rings (SSSR count). The number of carbonyl (C=O) groups excluding carboxylic acids is 1. The minimum Gasteiger partial charge on any atom is -0.451 e. The summed E-state index contributed by atoms with van der Waals surface area (Å²) in [4.78, 5) is 10.9. The summed E-state index contributed by atoms with van der Waals surface area (Å²) < 4.78 is 4.68. The Bertz CT molecular complexity index is 264. The van der Waals surface area contributed by atoms with E-state index in [0.717, 1.165) is 5.46 Å². The molecule has 67 valence electrons. The molecule has 1 N–H and O–H groups in total. The number of carbonyl (C=O) groups is 1. The predicted molar refractivity (Wildman–Crippen MR) is 52.0 cm³/mol. The molecule has 0 aliphatic rings. The van der Waals surface area contributed by atoms with Crippen molar-refractivity contribution in [2.75, 3.05) is 6.61 Å². The molecule has 0 aromatic heterocycles. The first kappa shape index (κ1) is 9.64. The summed E-state index contributed by atoms with van der Waals surface area (Å²) in [6.45, 7) is 2.15. The van der Waals surface area contributed by atoms with E-state index in [0.29, 0.717) is 6.61 Å². The van der Waals surface area contributed by atoms with E-state index in [2.05, 4.69) is 9.96 Å². The fourth-order valence-electron chi connectivity index (χ4n) is 0.864. The normalized spacial score (nSPS) is 9.00. The Kier molecular flexibility index (Phi) is 3.89. The highest BCUT2D eigenvalue weighted by Gasteiger charge is 2.01. The summed E-state index contributed by atoms with van der Waals surface area (Å²) in [7, 11) is 1.61. The van der Waals surface area contributed by atoms with E-state index in [9.17, 15) is 4.79 Å². The van der Waals surface area contributed by atoms with Gasteiger partial charge in [0.05, 0.1) is 6.61 Å². The minimum absolute atomic E-state index is 0.383. The van der Waals surface area contributed by atoms with Crippen LogP contribution >= 0.6 is 0 Å². The molecular weight excluding hydrogens is 165 g/mol. The third kappa shape index (κ3) is 3.65. The number of hydrogen-bond donors (Lipinski definition) is 1. The van der Waals surface area contributed by atoms with Crippen LogP contribution in [0.4, 0.5) is 4.79 Å². The first-order valence-corrected chi connectivity index (χ1v) is 4.14. The van der Waals surface area contributed by atoms with E-state index in [1.54, 1.807) is 14.3 Å². The largest absolute Gasteiger partial charge is 0.451 e. The van der Waals surface area contributed by atoms with Crippen molar-refractivity contribution in [3.05, 3.63) is 30.3 Å². The zero-order valence-electron chi connectivity index (χ0n) is 7.49. The van der Waals surface area contributed by atoms with Crippen LogP contribution in [0.3, 0.4) is 0 Å². The molecule has 0 atom stereocenters. The van der Waals surface area contributed by atoms with Gasteiger partial charge < -0.3 is 9.96 Å². The average molecular weight is 176 g/mol. The SMILES string of the molecule is CCOC(=O)N[B]c1ccccc1. The molecule has 3 nitrogen and oxygen atoms in total. The first-order valence-electron chi connectivity index (χ1n) is 4.14. The van der Waals surface area contributed by atoms with Crippen molar-refractivity contribution in [3.8, 4) is 0 Å². The topological polar surface area (TPSA) is 38.3 Å². The third-order valence-corrected chi connectivity index (χ3v) is 1.43.